The lowest BCUT2D eigenvalue weighted by Gasteiger charge is -2.07. The molecule has 0 spiro atoms. The van der Waals surface area contributed by atoms with Crippen molar-refractivity contribution in [1.29, 1.82) is 5.41 Å². The van der Waals surface area contributed by atoms with Crippen molar-refractivity contribution in [3.05, 3.63) is 0 Å². The van der Waals surface area contributed by atoms with Gasteiger partial charge in [0.15, 0.2) is 0 Å². The summed E-state index contributed by atoms with van der Waals surface area (Å²) in [6, 6.07) is 0. The number of hydrogen-bond acceptors (Lipinski definition) is 4. The molecule has 4 nitrogen and oxygen atoms in total. The van der Waals surface area contributed by atoms with Crippen LogP contribution in [0.1, 0.15) is 13.3 Å². The highest BCUT2D eigenvalue weighted by Gasteiger charge is 1.99. The Hall–Kier alpha value is -0.450. The summed E-state index contributed by atoms with van der Waals surface area (Å²) in [6.45, 7) is 2.61. The Balaban J connectivity index is 3.08. The van der Waals surface area contributed by atoms with Crippen molar-refractivity contribution in [2.75, 3.05) is 19.7 Å². The van der Waals surface area contributed by atoms with Crippen molar-refractivity contribution in [3.63, 3.8) is 0 Å². The number of hydrogen-bond donors (Lipinski definition) is 4. The molecule has 0 aliphatic rings. The molecule has 0 aliphatic heterocycles. The van der Waals surface area contributed by atoms with Crippen LogP contribution in [0.2, 0.25) is 0 Å². The van der Waals surface area contributed by atoms with Gasteiger partial charge >= 0.3 is 0 Å². The Morgan fingerprint density at radius 3 is 2.73 bits per heavy atom. The van der Waals surface area contributed by atoms with Gasteiger partial charge in [-0.25, -0.2) is 0 Å². The van der Waals surface area contributed by atoms with Gasteiger partial charge in [-0.15, -0.1) is 0 Å². The highest BCUT2D eigenvalue weighted by atomic mass is 16.3. The molecular weight excluding hydrogens is 144 g/mol. The van der Waals surface area contributed by atoms with Crippen molar-refractivity contribution >= 4 is 5.71 Å². The van der Waals surface area contributed by atoms with E-state index in [1.54, 1.807) is 6.92 Å². The summed E-state index contributed by atoms with van der Waals surface area (Å²) in [5.74, 6) is 0. The number of rotatable bonds is 6. The average Bonchev–Trinajstić information content (AvgIpc) is 1.97. The Labute approximate surface area is 66.8 Å². The van der Waals surface area contributed by atoms with Crippen LogP contribution >= 0.6 is 0 Å². The summed E-state index contributed by atoms with van der Waals surface area (Å²) >= 11 is 0. The maximum atomic E-state index is 8.86. The van der Waals surface area contributed by atoms with Crippen molar-refractivity contribution in [2.45, 2.75) is 19.4 Å². The first-order valence-electron chi connectivity index (χ1n) is 3.70. The fraction of sp³-hybridized carbons (Fsp3) is 0.857. The lowest BCUT2D eigenvalue weighted by Crippen LogP contribution is -2.30. The van der Waals surface area contributed by atoms with Crippen LogP contribution in [0.25, 0.3) is 0 Å². The van der Waals surface area contributed by atoms with E-state index in [1.807, 2.05) is 0 Å². The van der Waals surface area contributed by atoms with Crippen LogP contribution < -0.4 is 5.32 Å². The molecule has 0 saturated carbocycles. The fourth-order valence-electron chi connectivity index (χ4n) is 0.609. The summed E-state index contributed by atoms with van der Waals surface area (Å²) in [5.41, 5.74) is 0.621. The standard InChI is InChI=1S/C7H16N2O2/c1-6(8)2-3-9-4-7(11)5-10/h7-11H,2-5H2,1H3/t7-/m1/s1. The third-order valence-corrected chi connectivity index (χ3v) is 1.27. The predicted molar refractivity (Wildman–Crippen MR) is 44.0 cm³/mol. The first kappa shape index (κ1) is 10.6. The van der Waals surface area contributed by atoms with Crippen LogP contribution in [0, 0.1) is 5.41 Å². The molecule has 1 atom stereocenters. The average molecular weight is 160 g/mol. The minimum absolute atomic E-state index is 0.212. The van der Waals surface area contributed by atoms with Gasteiger partial charge in [0.1, 0.15) is 0 Å². The van der Waals surface area contributed by atoms with E-state index < -0.39 is 6.10 Å². The van der Waals surface area contributed by atoms with Gasteiger partial charge in [-0.05, 0) is 13.3 Å². The first-order valence-corrected chi connectivity index (χ1v) is 3.70. The highest BCUT2D eigenvalue weighted by molar-refractivity contribution is 5.78. The van der Waals surface area contributed by atoms with Crippen LogP contribution in [0.4, 0.5) is 0 Å². The third kappa shape index (κ3) is 7.45. The fourth-order valence-corrected chi connectivity index (χ4v) is 0.609. The van der Waals surface area contributed by atoms with Crippen molar-refractivity contribution < 1.29 is 10.2 Å². The Morgan fingerprint density at radius 2 is 2.27 bits per heavy atom. The quantitative estimate of drug-likeness (QED) is 0.308. The molecule has 0 aliphatic carbocycles. The molecule has 0 radical (unpaired) electrons. The van der Waals surface area contributed by atoms with Crippen LogP contribution in [0.5, 0.6) is 0 Å². The summed E-state index contributed by atoms with van der Waals surface area (Å²) in [4.78, 5) is 0. The SMILES string of the molecule is CC(=N)CCNC[C@@H](O)CO. The van der Waals surface area contributed by atoms with E-state index in [9.17, 15) is 0 Å². The lowest BCUT2D eigenvalue weighted by molar-refractivity contribution is 0.0948. The zero-order valence-electron chi connectivity index (χ0n) is 6.80. The summed E-state index contributed by atoms with van der Waals surface area (Å²) < 4.78 is 0. The largest absolute Gasteiger partial charge is 0.394 e. The molecule has 0 rings (SSSR count). The molecule has 0 saturated heterocycles. The maximum Gasteiger partial charge on any atom is 0.0894 e. The second-order valence-electron chi connectivity index (χ2n) is 2.57. The van der Waals surface area contributed by atoms with Gasteiger partial charge in [-0.3, -0.25) is 0 Å². The van der Waals surface area contributed by atoms with Gasteiger partial charge in [0.05, 0.1) is 12.7 Å². The van der Waals surface area contributed by atoms with Gasteiger partial charge in [-0.2, -0.15) is 0 Å². The zero-order valence-corrected chi connectivity index (χ0v) is 6.80. The molecule has 0 amide bonds. The Morgan fingerprint density at radius 1 is 1.64 bits per heavy atom. The molecule has 0 aromatic heterocycles. The maximum absolute atomic E-state index is 8.86. The van der Waals surface area contributed by atoms with Crippen molar-refractivity contribution in [3.8, 4) is 0 Å². The van der Waals surface area contributed by atoms with Crippen molar-refractivity contribution in [2.24, 2.45) is 0 Å². The molecule has 0 heterocycles. The molecule has 11 heavy (non-hydrogen) atoms. The molecule has 4 N–H and O–H groups in total. The molecule has 0 bridgehead atoms. The number of nitrogens with one attached hydrogen (secondary N) is 2. The minimum Gasteiger partial charge on any atom is -0.394 e. The van der Waals surface area contributed by atoms with Gasteiger partial charge in [-0.1, -0.05) is 0 Å². The van der Waals surface area contributed by atoms with Crippen LogP contribution in [-0.4, -0.2) is 41.7 Å². The van der Waals surface area contributed by atoms with E-state index in [0.717, 1.165) is 0 Å². The minimum atomic E-state index is -0.680. The zero-order chi connectivity index (χ0) is 8.69. The van der Waals surface area contributed by atoms with Gasteiger partial charge < -0.3 is 20.9 Å². The van der Waals surface area contributed by atoms with Gasteiger partial charge in [0, 0.05) is 18.8 Å². The van der Waals surface area contributed by atoms with Crippen molar-refractivity contribution in [1.82, 2.24) is 5.32 Å². The summed E-state index contributed by atoms with van der Waals surface area (Å²) in [5, 5.41) is 27.3. The predicted octanol–water partition coefficient (Wildman–Crippen LogP) is -0.641. The van der Waals surface area contributed by atoms with Gasteiger partial charge in [0.2, 0.25) is 0 Å². The second-order valence-corrected chi connectivity index (χ2v) is 2.57. The van der Waals surface area contributed by atoms with Crippen LogP contribution in [0.3, 0.4) is 0 Å². The highest BCUT2D eigenvalue weighted by Crippen LogP contribution is 1.80. The molecular formula is C7H16N2O2. The van der Waals surface area contributed by atoms with Crippen LogP contribution in [0.15, 0.2) is 0 Å². The molecule has 0 aromatic rings. The van der Waals surface area contributed by atoms with E-state index in [0.29, 0.717) is 25.2 Å². The molecule has 0 unspecified atom stereocenters. The molecule has 0 aromatic carbocycles. The molecule has 66 valence electrons. The Bertz CT molecular complexity index is 117. The topological polar surface area (TPSA) is 76.3 Å². The molecule has 0 fully saturated rings. The first-order chi connectivity index (χ1) is 5.16. The normalized spacial score (nSPS) is 13.0. The monoisotopic (exact) mass is 160 g/mol. The third-order valence-electron chi connectivity index (χ3n) is 1.27. The van der Waals surface area contributed by atoms with E-state index >= 15 is 0 Å². The summed E-state index contributed by atoms with van der Waals surface area (Å²) in [7, 11) is 0. The number of aliphatic hydroxyl groups excluding tert-OH is 2. The molecule has 4 heteroatoms. The summed E-state index contributed by atoms with van der Waals surface area (Å²) in [6.07, 6.45) is 0.0130. The second kappa shape index (κ2) is 6.27. The lowest BCUT2D eigenvalue weighted by atomic mass is 10.3. The van der Waals surface area contributed by atoms with E-state index in [-0.39, 0.29) is 6.61 Å². The van der Waals surface area contributed by atoms with E-state index in [4.69, 9.17) is 15.6 Å². The Kier molecular flexibility index (Phi) is 6.02. The van der Waals surface area contributed by atoms with Gasteiger partial charge in [0.25, 0.3) is 0 Å². The van der Waals surface area contributed by atoms with Crippen LogP contribution in [-0.2, 0) is 0 Å². The number of aliphatic hydroxyl groups is 2. The smallest absolute Gasteiger partial charge is 0.0894 e. The van der Waals surface area contributed by atoms with E-state index in [1.165, 1.54) is 0 Å². The van der Waals surface area contributed by atoms with E-state index in [2.05, 4.69) is 5.32 Å².